The number of aromatic amines is 1. The molecule has 7 nitrogen and oxygen atoms in total. The Bertz CT molecular complexity index is 1340. The summed E-state index contributed by atoms with van der Waals surface area (Å²) in [6, 6.07) is 8.34. The molecule has 32 heavy (non-hydrogen) atoms. The summed E-state index contributed by atoms with van der Waals surface area (Å²) in [6.45, 7) is 1.58. The average Bonchev–Trinajstić information content (AvgIpc) is 3.38. The van der Waals surface area contributed by atoms with Gasteiger partial charge < -0.3 is 15.4 Å². The van der Waals surface area contributed by atoms with Gasteiger partial charge in [-0.2, -0.15) is 18.3 Å². The number of methoxy groups -OCH3 is 1. The summed E-state index contributed by atoms with van der Waals surface area (Å²) in [6.07, 6.45) is -3.60. The molecule has 4 heterocycles. The number of hydrogen-bond acceptors (Lipinski definition) is 6. The number of thiophene rings is 1. The highest BCUT2D eigenvalue weighted by Gasteiger charge is 2.36. The second-order valence-electron chi connectivity index (χ2n) is 7.29. The fourth-order valence-corrected chi connectivity index (χ4v) is 4.88. The zero-order valence-corrected chi connectivity index (χ0v) is 17.6. The number of benzene rings is 1. The van der Waals surface area contributed by atoms with Crippen LogP contribution in [0.25, 0.3) is 21.5 Å². The minimum Gasteiger partial charge on any atom is -0.497 e. The van der Waals surface area contributed by atoms with Crippen molar-refractivity contribution in [2.75, 3.05) is 12.4 Å². The number of halogens is 3. The van der Waals surface area contributed by atoms with Crippen LogP contribution in [0.3, 0.4) is 0 Å². The molecule has 1 aromatic carbocycles. The lowest BCUT2D eigenvalue weighted by molar-refractivity contribution is -0.141. The second-order valence-corrected chi connectivity index (χ2v) is 8.29. The van der Waals surface area contributed by atoms with Crippen molar-refractivity contribution in [1.29, 1.82) is 0 Å². The van der Waals surface area contributed by atoms with Crippen molar-refractivity contribution in [3.05, 3.63) is 58.2 Å². The van der Waals surface area contributed by atoms with Crippen molar-refractivity contribution in [1.82, 2.24) is 20.5 Å². The largest absolute Gasteiger partial charge is 0.497 e. The predicted octanol–water partition coefficient (Wildman–Crippen LogP) is 4.88. The lowest BCUT2D eigenvalue weighted by atomic mass is 10.0. The molecule has 0 aliphatic carbocycles. The number of rotatable bonds is 3. The van der Waals surface area contributed by atoms with Gasteiger partial charge in [0.05, 0.1) is 24.7 Å². The van der Waals surface area contributed by atoms with Gasteiger partial charge >= 0.3 is 6.18 Å². The van der Waals surface area contributed by atoms with E-state index in [9.17, 15) is 18.0 Å². The first kappa shape index (κ1) is 20.3. The first-order valence-corrected chi connectivity index (χ1v) is 10.3. The number of fused-ring (bicyclic) bond motifs is 3. The molecule has 0 unspecified atom stereocenters. The maximum atomic E-state index is 13.2. The van der Waals surface area contributed by atoms with E-state index in [-0.39, 0.29) is 10.7 Å². The fraction of sp³-hybridized carbons (Fsp3) is 0.190. The van der Waals surface area contributed by atoms with Crippen LogP contribution in [0.1, 0.15) is 32.7 Å². The first-order valence-electron chi connectivity index (χ1n) is 9.52. The quantitative estimate of drug-likeness (QED) is 0.406. The Balaban J connectivity index is 1.56. The van der Waals surface area contributed by atoms with Crippen LogP contribution >= 0.6 is 11.3 Å². The summed E-state index contributed by atoms with van der Waals surface area (Å²) in [7, 11) is 1.58. The summed E-state index contributed by atoms with van der Waals surface area (Å²) in [5, 5.41) is 13.7. The third-order valence-corrected chi connectivity index (χ3v) is 6.36. The molecule has 5 rings (SSSR count). The van der Waals surface area contributed by atoms with Crippen molar-refractivity contribution >= 4 is 33.1 Å². The molecule has 3 N–H and O–H groups in total. The number of ether oxygens (including phenoxy) is 1. The topological polar surface area (TPSA) is 91.9 Å². The van der Waals surface area contributed by atoms with Gasteiger partial charge in [-0.1, -0.05) is 0 Å². The van der Waals surface area contributed by atoms with Crippen molar-refractivity contribution in [3.63, 3.8) is 0 Å². The smallest absolute Gasteiger partial charge is 0.433 e. The molecule has 1 amide bonds. The molecule has 1 atom stereocenters. The number of nitrogens with one attached hydrogen (secondary N) is 3. The lowest BCUT2D eigenvalue weighted by Gasteiger charge is -2.26. The lowest BCUT2D eigenvalue weighted by Crippen LogP contribution is -2.37. The summed E-state index contributed by atoms with van der Waals surface area (Å²) >= 11 is 0.933. The molecule has 11 heteroatoms. The van der Waals surface area contributed by atoms with Crippen molar-refractivity contribution < 1.29 is 22.7 Å². The Kier molecular flexibility index (Phi) is 4.59. The molecular formula is C21H16F3N5O2S. The van der Waals surface area contributed by atoms with E-state index >= 15 is 0 Å². The molecule has 164 valence electrons. The highest BCUT2D eigenvalue weighted by molar-refractivity contribution is 7.21. The van der Waals surface area contributed by atoms with Crippen LogP contribution in [0.4, 0.5) is 18.9 Å². The predicted molar refractivity (Wildman–Crippen MR) is 114 cm³/mol. The highest BCUT2D eigenvalue weighted by atomic mass is 32.1. The van der Waals surface area contributed by atoms with Gasteiger partial charge in [0.15, 0.2) is 0 Å². The van der Waals surface area contributed by atoms with Crippen molar-refractivity contribution in [2.24, 2.45) is 0 Å². The third-order valence-electron chi connectivity index (χ3n) is 5.28. The van der Waals surface area contributed by atoms with E-state index in [1.165, 1.54) is 0 Å². The Morgan fingerprint density at radius 2 is 1.91 bits per heavy atom. The molecule has 0 saturated carbocycles. The molecule has 0 bridgehead atoms. The molecule has 0 radical (unpaired) electrons. The van der Waals surface area contributed by atoms with Crippen LogP contribution in [-0.2, 0) is 6.18 Å². The maximum absolute atomic E-state index is 13.2. The molecule has 0 saturated heterocycles. The van der Waals surface area contributed by atoms with Crippen LogP contribution in [0, 0.1) is 6.92 Å². The van der Waals surface area contributed by atoms with Crippen LogP contribution in [0.15, 0.2) is 36.5 Å². The summed E-state index contributed by atoms with van der Waals surface area (Å²) in [5.41, 5.74) is 2.11. The van der Waals surface area contributed by atoms with E-state index in [0.29, 0.717) is 38.5 Å². The van der Waals surface area contributed by atoms with Gasteiger partial charge in [-0.05, 0) is 42.8 Å². The summed E-state index contributed by atoms with van der Waals surface area (Å²) in [4.78, 5) is 17.1. The van der Waals surface area contributed by atoms with Gasteiger partial charge in [-0.15, -0.1) is 11.3 Å². The molecule has 3 aromatic heterocycles. The number of amides is 1. The van der Waals surface area contributed by atoms with Gasteiger partial charge in [0.1, 0.15) is 27.3 Å². The van der Waals surface area contributed by atoms with Gasteiger partial charge in [-0.3, -0.25) is 9.89 Å². The fourth-order valence-electron chi connectivity index (χ4n) is 3.76. The second kappa shape index (κ2) is 7.23. The number of alkyl halides is 3. The SMILES string of the molecule is COc1ccc(-c2[nH]ncc2[C@@H]2NC(=O)c3sc4nc(C(F)(F)F)cc(C)c4c3N2)cc1. The van der Waals surface area contributed by atoms with Crippen molar-refractivity contribution in [2.45, 2.75) is 19.3 Å². The molecule has 0 spiro atoms. The standard InChI is InChI=1S/C21H16F3N5O2S/c1-9-7-13(21(22,23)24)26-20-14(9)16-17(32-20)19(30)28-18(27-16)12-8-25-29-15(12)10-3-5-11(31-2)6-4-10/h3-8,18,27H,1-2H3,(H,25,29)(H,28,30)/t18-/m0/s1. The van der Waals surface area contributed by atoms with Crippen LogP contribution in [0.5, 0.6) is 5.75 Å². The Hall–Kier alpha value is -3.60. The number of aromatic nitrogens is 3. The zero-order valence-electron chi connectivity index (χ0n) is 16.8. The van der Waals surface area contributed by atoms with Gasteiger partial charge in [0.2, 0.25) is 0 Å². The van der Waals surface area contributed by atoms with Gasteiger partial charge in [0, 0.05) is 16.5 Å². The molecule has 1 aliphatic rings. The number of nitrogens with zero attached hydrogens (tertiary/aromatic N) is 2. The van der Waals surface area contributed by atoms with Crippen molar-refractivity contribution in [3.8, 4) is 17.0 Å². The number of anilines is 1. The van der Waals surface area contributed by atoms with E-state index in [1.807, 2.05) is 24.3 Å². The number of hydrogen-bond donors (Lipinski definition) is 3. The molecule has 1 aliphatic heterocycles. The number of carbonyl (C=O) groups is 1. The monoisotopic (exact) mass is 459 g/mol. The molecule has 4 aromatic rings. The van der Waals surface area contributed by atoms with E-state index in [0.717, 1.165) is 23.0 Å². The maximum Gasteiger partial charge on any atom is 0.433 e. The Morgan fingerprint density at radius 1 is 1.16 bits per heavy atom. The minimum absolute atomic E-state index is 0.160. The van der Waals surface area contributed by atoms with Gasteiger partial charge in [-0.25, -0.2) is 4.98 Å². The van der Waals surface area contributed by atoms with E-state index in [1.54, 1.807) is 20.2 Å². The van der Waals surface area contributed by atoms with E-state index in [2.05, 4.69) is 25.8 Å². The Morgan fingerprint density at radius 3 is 2.59 bits per heavy atom. The number of H-pyrrole nitrogens is 1. The minimum atomic E-state index is -4.56. The Labute approximate surface area is 183 Å². The number of pyridine rings is 1. The number of aryl methyl sites for hydroxylation is 1. The van der Waals surface area contributed by atoms with E-state index in [4.69, 9.17) is 4.74 Å². The van der Waals surface area contributed by atoms with E-state index < -0.39 is 18.0 Å². The van der Waals surface area contributed by atoms with Crippen LogP contribution in [0.2, 0.25) is 0 Å². The highest BCUT2D eigenvalue weighted by Crippen LogP contribution is 2.43. The zero-order chi connectivity index (χ0) is 22.6. The van der Waals surface area contributed by atoms with Crippen LogP contribution < -0.4 is 15.4 Å². The van der Waals surface area contributed by atoms with Crippen LogP contribution in [-0.4, -0.2) is 28.2 Å². The van der Waals surface area contributed by atoms with Gasteiger partial charge in [0.25, 0.3) is 5.91 Å². The summed E-state index contributed by atoms with van der Waals surface area (Å²) < 4.78 is 44.7. The molecular weight excluding hydrogens is 443 g/mol. The molecule has 0 fully saturated rings. The third kappa shape index (κ3) is 3.25. The average molecular weight is 459 g/mol. The normalized spacial score (nSPS) is 15.9. The summed E-state index contributed by atoms with van der Waals surface area (Å²) in [5.74, 6) is 0.316. The first-order chi connectivity index (χ1) is 15.3. The number of carbonyl (C=O) groups excluding carboxylic acids is 1.